The van der Waals surface area contributed by atoms with Crippen LogP contribution in [-0.4, -0.2) is 23.5 Å². The topological polar surface area (TPSA) is 9.23 Å². The van der Waals surface area contributed by atoms with Crippen molar-refractivity contribution < 1.29 is 9.48 Å². The highest BCUT2D eigenvalue weighted by Gasteiger charge is 2.30. The third-order valence-corrected chi connectivity index (χ3v) is 2.79. The molecule has 0 aliphatic carbocycles. The van der Waals surface area contributed by atoms with E-state index in [0.717, 1.165) is 18.8 Å². The molecule has 0 amide bonds. The summed E-state index contributed by atoms with van der Waals surface area (Å²) in [6.45, 7) is 8.36. The van der Waals surface area contributed by atoms with Crippen molar-refractivity contribution in [3.63, 3.8) is 0 Å². The minimum Gasteiger partial charge on any atom is -0.417 e. The van der Waals surface area contributed by atoms with Crippen molar-refractivity contribution in [1.82, 2.24) is 0 Å². The van der Waals surface area contributed by atoms with Crippen molar-refractivity contribution in [1.29, 1.82) is 0 Å². The molecule has 0 saturated carbocycles. The largest absolute Gasteiger partial charge is 0.417 e. The number of quaternary nitrogens is 1. The van der Waals surface area contributed by atoms with E-state index < -0.39 is 0 Å². The molecule has 0 aromatic rings. The van der Waals surface area contributed by atoms with Gasteiger partial charge in [-0.15, -0.1) is 6.08 Å². The van der Waals surface area contributed by atoms with Gasteiger partial charge >= 0.3 is 0 Å². The molecule has 1 heterocycles. The molecule has 0 N–H and O–H groups in total. The summed E-state index contributed by atoms with van der Waals surface area (Å²) in [5, 5.41) is 0. The smallest absolute Gasteiger partial charge is 0.103 e. The lowest BCUT2D eigenvalue weighted by atomic mass is 10.2. The highest BCUT2D eigenvalue weighted by Crippen LogP contribution is 2.32. The molecule has 0 aromatic carbocycles. The van der Waals surface area contributed by atoms with Gasteiger partial charge in [0.05, 0.1) is 0 Å². The van der Waals surface area contributed by atoms with E-state index in [1.54, 1.807) is 0 Å². The molecule has 0 saturated heterocycles. The van der Waals surface area contributed by atoms with Crippen LogP contribution in [0.15, 0.2) is 11.8 Å². The summed E-state index contributed by atoms with van der Waals surface area (Å²) in [6.07, 6.45) is 2.10. The van der Waals surface area contributed by atoms with Gasteiger partial charge in [0.15, 0.2) is 0 Å². The standard InChI is InChI=1S/C9H17NOS/c1-4-10(5-2)8(3)6-9(7-12)11-10/h6,12H,4-5,7H2,1-3H3. The van der Waals surface area contributed by atoms with Crippen LogP contribution < -0.4 is 0 Å². The molecule has 12 heavy (non-hydrogen) atoms. The Balaban J connectivity index is 2.73. The van der Waals surface area contributed by atoms with Crippen LogP contribution in [0.4, 0.5) is 0 Å². The average Bonchev–Trinajstić information content (AvgIpc) is 2.43. The molecular formula is C9H17NOS. The summed E-state index contributed by atoms with van der Waals surface area (Å²) in [5.41, 5.74) is 0. The van der Waals surface area contributed by atoms with Crippen molar-refractivity contribution >= 4 is 12.6 Å². The maximum atomic E-state index is 5.79. The molecule has 2 nitrogen and oxygen atoms in total. The van der Waals surface area contributed by atoms with Crippen molar-refractivity contribution in [2.75, 3.05) is 18.8 Å². The summed E-state index contributed by atoms with van der Waals surface area (Å²) >= 11 is 4.20. The van der Waals surface area contributed by atoms with Crippen LogP contribution in [0.5, 0.6) is 0 Å². The molecule has 0 aromatic heterocycles. The van der Waals surface area contributed by atoms with Crippen LogP contribution in [0.1, 0.15) is 20.8 Å². The van der Waals surface area contributed by atoms with E-state index in [4.69, 9.17) is 4.84 Å². The Hall–Kier alpha value is -0.280. The SMILES string of the molecule is CC[N+]1(CC)OC(CS)=C[C-]1C. The molecular weight excluding hydrogens is 170 g/mol. The zero-order valence-electron chi connectivity index (χ0n) is 8.00. The predicted octanol–water partition coefficient (Wildman–Crippen LogP) is 2.15. The van der Waals surface area contributed by atoms with Gasteiger partial charge in [0.1, 0.15) is 13.1 Å². The number of hydrogen-bond acceptors (Lipinski definition) is 2. The molecule has 1 aliphatic heterocycles. The van der Waals surface area contributed by atoms with E-state index in [0.29, 0.717) is 10.4 Å². The van der Waals surface area contributed by atoms with E-state index in [-0.39, 0.29) is 0 Å². The third-order valence-electron chi connectivity index (χ3n) is 2.48. The van der Waals surface area contributed by atoms with Gasteiger partial charge in [-0.25, -0.2) is 0 Å². The fourth-order valence-corrected chi connectivity index (χ4v) is 1.75. The maximum Gasteiger partial charge on any atom is 0.103 e. The van der Waals surface area contributed by atoms with Gasteiger partial charge < -0.3 is 4.84 Å². The molecule has 0 radical (unpaired) electrons. The number of nitrogens with zero attached hydrogens (tertiary/aromatic N) is 1. The van der Waals surface area contributed by atoms with Crippen LogP contribution in [0.25, 0.3) is 0 Å². The summed E-state index contributed by atoms with van der Waals surface area (Å²) in [5.74, 6) is 1.68. The second-order valence-corrected chi connectivity index (χ2v) is 3.34. The van der Waals surface area contributed by atoms with Crippen LogP contribution in [0.2, 0.25) is 0 Å². The summed E-state index contributed by atoms with van der Waals surface area (Å²) in [4.78, 5) is 5.79. The molecule has 1 rings (SSSR count). The van der Waals surface area contributed by atoms with Crippen LogP contribution in [0.3, 0.4) is 0 Å². The van der Waals surface area contributed by atoms with Gasteiger partial charge in [-0.1, -0.05) is 6.92 Å². The van der Waals surface area contributed by atoms with Crippen molar-refractivity contribution in [3.05, 3.63) is 17.9 Å². The van der Waals surface area contributed by atoms with Crippen LogP contribution in [0, 0.1) is 6.04 Å². The van der Waals surface area contributed by atoms with E-state index >= 15 is 0 Å². The van der Waals surface area contributed by atoms with Gasteiger partial charge in [0.25, 0.3) is 0 Å². The first kappa shape index (κ1) is 9.81. The first-order chi connectivity index (χ1) is 5.68. The normalized spacial score (nSPS) is 20.7. The molecule has 3 heteroatoms. The Morgan fingerprint density at radius 3 is 2.33 bits per heavy atom. The number of thiol groups is 1. The minimum atomic E-state index is 0.649. The Kier molecular flexibility index (Phi) is 2.96. The molecule has 0 fully saturated rings. The molecule has 1 aliphatic rings. The predicted molar refractivity (Wildman–Crippen MR) is 53.3 cm³/mol. The zero-order chi connectivity index (χ0) is 9.19. The molecule has 0 atom stereocenters. The van der Waals surface area contributed by atoms with Crippen molar-refractivity contribution in [3.8, 4) is 0 Å². The fraction of sp³-hybridized carbons (Fsp3) is 0.667. The second-order valence-electron chi connectivity index (χ2n) is 3.02. The molecule has 70 valence electrons. The Morgan fingerprint density at radius 2 is 2.08 bits per heavy atom. The van der Waals surface area contributed by atoms with E-state index in [9.17, 15) is 0 Å². The average molecular weight is 187 g/mol. The summed E-state index contributed by atoms with van der Waals surface area (Å²) in [7, 11) is 0. The van der Waals surface area contributed by atoms with Gasteiger partial charge in [0.2, 0.25) is 0 Å². The first-order valence-corrected chi connectivity index (χ1v) is 5.04. The van der Waals surface area contributed by atoms with Gasteiger partial charge in [-0.05, 0) is 19.6 Å². The number of hydroxylamine groups is 3. The minimum absolute atomic E-state index is 0.649. The maximum absolute atomic E-state index is 5.79. The Morgan fingerprint density at radius 1 is 1.50 bits per heavy atom. The number of hydrogen-bond donors (Lipinski definition) is 1. The lowest BCUT2D eigenvalue weighted by Gasteiger charge is -2.40. The monoisotopic (exact) mass is 187 g/mol. The van der Waals surface area contributed by atoms with Gasteiger partial charge in [0, 0.05) is 11.8 Å². The zero-order valence-corrected chi connectivity index (χ0v) is 8.90. The van der Waals surface area contributed by atoms with E-state index in [2.05, 4.69) is 39.5 Å². The van der Waals surface area contributed by atoms with Crippen LogP contribution >= 0.6 is 12.6 Å². The summed E-state index contributed by atoms with van der Waals surface area (Å²) < 4.78 is 0.649. The van der Waals surface area contributed by atoms with Gasteiger partial charge in [-0.3, -0.25) is 0 Å². The van der Waals surface area contributed by atoms with Crippen LogP contribution in [-0.2, 0) is 4.84 Å². The molecule has 0 bridgehead atoms. The Labute approximate surface area is 80.2 Å². The highest BCUT2D eigenvalue weighted by molar-refractivity contribution is 7.80. The lowest BCUT2D eigenvalue weighted by molar-refractivity contribution is -1.07. The van der Waals surface area contributed by atoms with E-state index in [1.807, 2.05) is 0 Å². The molecule has 0 unspecified atom stereocenters. The van der Waals surface area contributed by atoms with Gasteiger partial charge in [-0.2, -0.15) is 17.3 Å². The van der Waals surface area contributed by atoms with Crippen molar-refractivity contribution in [2.45, 2.75) is 20.8 Å². The highest BCUT2D eigenvalue weighted by atomic mass is 32.1. The third kappa shape index (κ3) is 1.43. The number of rotatable bonds is 3. The number of likely N-dealkylation sites (N-methyl/N-ethyl adjacent to an activating group) is 1. The first-order valence-electron chi connectivity index (χ1n) is 4.40. The lowest BCUT2D eigenvalue weighted by Crippen LogP contribution is -2.45. The van der Waals surface area contributed by atoms with E-state index in [1.165, 1.54) is 6.04 Å². The van der Waals surface area contributed by atoms with Crippen molar-refractivity contribution in [2.24, 2.45) is 0 Å². The summed E-state index contributed by atoms with van der Waals surface area (Å²) in [6, 6.07) is 1.28. The second kappa shape index (κ2) is 3.62. The quantitative estimate of drug-likeness (QED) is 0.405. The fourth-order valence-electron chi connectivity index (χ4n) is 1.60. The Bertz CT molecular complexity index is 187. The molecule has 0 spiro atoms.